The third kappa shape index (κ3) is 2.95. The van der Waals surface area contributed by atoms with Gasteiger partial charge in [-0.1, -0.05) is 19.1 Å². The molecule has 1 rings (SSSR count). The summed E-state index contributed by atoms with van der Waals surface area (Å²) < 4.78 is 75.8. The summed E-state index contributed by atoms with van der Waals surface area (Å²) in [6.45, 7) is 1.38. The maximum atomic E-state index is 12.7. The first kappa shape index (κ1) is 14.8. The molecule has 0 saturated heterocycles. The van der Waals surface area contributed by atoms with Crippen molar-refractivity contribution in [1.82, 2.24) is 0 Å². The van der Waals surface area contributed by atoms with E-state index in [2.05, 4.69) is 0 Å². The highest BCUT2D eigenvalue weighted by Gasteiger charge is 2.45. The zero-order valence-corrected chi connectivity index (χ0v) is 9.23. The number of hydrogen-bond acceptors (Lipinski definition) is 1. The van der Waals surface area contributed by atoms with Crippen LogP contribution >= 0.6 is 0 Å². The van der Waals surface area contributed by atoms with Gasteiger partial charge >= 0.3 is 12.4 Å². The summed E-state index contributed by atoms with van der Waals surface area (Å²) in [6.07, 6.45) is -12.0. The summed E-state index contributed by atoms with van der Waals surface area (Å²) in [4.78, 5) is 0. The van der Waals surface area contributed by atoms with Crippen LogP contribution in [0.5, 0.6) is 0 Å². The van der Waals surface area contributed by atoms with Crippen molar-refractivity contribution in [3.05, 3.63) is 34.9 Å². The van der Waals surface area contributed by atoms with Gasteiger partial charge in [0.1, 0.15) is 0 Å². The van der Waals surface area contributed by atoms with Crippen LogP contribution in [0.4, 0.5) is 26.3 Å². The molecule has 0 aliphatic heterocycles. The largest absolute Gasteiger partial charge is 0.417 e. The van der Waals surface area contributed by atoms with E-state index in [1.54, 1.807) is 0 Å². The van der Waals surface area contributed by atoms with Crippen LogP contribution in [0.25, 0.3) is 0 Å². The van der Waals surface area contributed by atoms with Crippen molar-refractivity contribution in [2.75, 3.05) is 0 Å². The van der Waals surface area contributed by atoms with Gasteiger partial charge in [0.05, 0.1) is 17.2 Å². The predicted molar refractivity (Wildman–Crippen MR) is 51.7 cm³/mol. The Bertz CT molecular complexity index is 421. The van der Waals surface area contributed by atoms with Crippen LogP contribution in [0.15, 0.2) is 18.2 Å². The molecule has 0 spiro atoms. The summed E-state index contributed by atoms with van der Waals surface area (Å²) in [6, 6.07) is 2.06. The Morgan fingerprint density at radius 1 is 1.06 bits per heavy atom. The topological polar surface area (TPSA) is 20.2 Å². The van der Waals surface area contributed by atoms with Crippen LogP contribution in [0.1, 0.15) is 36.1 Å². The molecule has 0 bridgehead atoms. The molecular formula is C11H10F6O. The van der Waals surface area contributed by atoms with Gasteiger partial charge < -0.3 is 5.11 Å². The van der Waals surface area contributed by atoms with E-state index in [4.69, 9.17) is 0 Å². The molecular weight excluding hydrogens is 262 g/mol. The molecule has 0 fully saturated rings. The Morgan fingerprint density at radius 2 is 1.61 bits per heavy atom. The lowest BCUT2D eigenvalue weighted by Crippen LogP contribution is -2.20. The fraction of sp³-hybridized carbons (Fsp3) is 0.455. The maximum absolute atomic E-state index is 12.7. The smallest absolute Gasteiger partial charge is 0.388 e. The molecule has 1 unspecified atom stereocenters. The molecule has 1 nitrogen and oxygen atoms in total. The van der Waals surface area contributed by atoms with Gasteiger partial charge in [-0.15, -0.1) is 0 Å². The zero-order chi connectivity index (χ0) is 14.1. The monoisotopic (exact) mass is 272 g/mol. The van der Waals surface area contributed by atoms with Crippen LogP contribution in [0.2, 0.25) is 0 Å². The Balaban J connectivity index is 3.56. The van der Waals surface area contributed by atoms with Gasteiger partial charge in [-0.2, -0.15) is 26.3 Å². The lowest BCUT2D eigenvalue weighted by molar-refractivity contribution is -0.163. The summed E-state index contributed by atoms with van der Waals surface area (Å²) in [5.74, 6) is 0. The Kier molecular flexibility index (Phi) is 3.95. The lowest BCUT2D eigenvalue weighted by atomic mass is 9.95. The predicted octanol–water partition coefficient (Wildman–Crippen LogP) is 4.17. The van der Waals surface area contributed by atoms with Crippen LogP contribution in [0, 0.1) is 0 Å². The van der Waals surface area contributed by atoms with Crippen LogP contribution < -0.4 is 0 Å². The second-order valence-electron chi connectivity index (χ2n) is 3.69. The van der Waals surface area contributed by atoms with Gasteiger partial charge in [0.2, 0.25) is 0 Å². The van der Waals surface area contributed by atoms with Crippen molar-refractivity contribution in [3.63, 3.8) is 0 Å². The van der Waals surface area contributed by atoms with Crippen LogP contribution in [-0.4, -0.2) is 5.11 Å². The fourth-order valence-corrected chi connectivity index (χ4v) is 1.62. The summed E-state index contributed by atoms with van der Waals surface area (Å²) in [5, 5.41) is 9.40. The molecule has 0 saturated carbocycles. The number of halogens is 6. The molecule has 0 amide bonds. The number of rotatable bonds is 2. The van der Waals surface area contributed by atoms with Gasteiger partial charge in [0.15, 0.2) is 0 Å². The number of aliphatic hydroxyl groups is 1. The van der Waals surface area contributed by atoms with Crippen LogP contribution in [0.3, 0.4) is 0 Å². The van der Waals surface area contributed by atoms with Crippen molar-refractivity contribution in [2.24, 2.45) is 0 Å². The van der Waals surface area contributed by atoms with E-state index in [1.165, 1.54) is 6.92 Å². The SMILES string of the molecule is CCC(O)c1cccc(C(F)(F)F)c1C(F)(F)F. The first-order valence-corrected chi connectivity index (χ1v) is 5.04. The molecule has 102 valence electrons. The van der Waals surface area contributed by atoms with Gasteiger partial charge in [-0.05, 0) is 18.1 Å². The van der Waals surface area contributed by atoms with Crippen molar-refractivity contribution < 1.29 is 31.4 Å². The number of benzene rings is 1. The maximum Gasteiger partial charge on any atom is 0.417 e. The minimum Gasteiger partial charge on any atom is -0.388 e. The van der Waals surface area contributed by atoms with E-state index in [1.807, 2.05) is 0 Å². The van der Waals surface area contributed by atoms with E-state index in [0.29, 0.717) is 6.07 Å². The summed E-state index contributed by atoms with van der Waals surface area (Å²) in [7, 11) is 0. The van der Waals surface area contributed by atoms with Crippen molar-refractivity contribution in [2.45, 2.75) is 31.8 Å². The molecule has 18 heavy (non-hydrogen) atoms. The zero-order valence-electron chi connectivity index (χ0n) is 9.23. The molecule has 0 aliphatic rings. The molecule has 1 N–H and O–H groups in total. The first-order valence-electron chi connectivity index (χ1n) is 5.04. The second kappa shape index (κ2) is 4.79. The fourth-order valence-electron chi connectivity index (χ4n) is 1.62. The van der Waals surface area contributed by atoms with Crippen LogP contribution in [-0.2, 0) is 12.4 Å². The molecule has 7 heteroatoms. The quantitative estimate of drug-likeness (QED) is 0.801. The standard InChI is InChI=1S/C11H10F6O/c1-2-8(18)6-4-3-5-7(10(12,13)14)9(6)11(15,16)17/h3-5,8,18H,2H2,1H3. The normalized spacial score (nSPS) is 14.7. The Labute approximate surface area is 99.0 Å². The summed E-state index contributed by atoms with van der Waals surface area (Å²) >= 11 is 0. The van der Waals surface area contributed by atoms with E-state index in [9.17, 15) is 31.4 Å². The summed E-state index contributed by atoms with van der Waals surface area (Å²) in [5.41, 5.74) is -4.34. The average molecular weight is 272 g/mol. The molecule has 1 atom stereocenters. The molecule has 0 aliphatic carbocycles. The Morgan fingerprint density at radius 3 is 2.00 bits per heavy atom. The van der Waals surface area contributed by atoms with E-state index in [0.717, 1.165) is 12.1 Å². The van der Waals surface area contributed by atoms with Gasteiger partial charge in [-0.25, -0.2) is 0 Å². The minimum atomic E-state index is -5.17. The molecule has 0 heterocycles. The van der Waals surface area contributed by atoms with Gasteiger partial charge in [-0.3, -0.25) is 0 Å². The number of alkyl halides is 6. The third-order valence-corrected chi connectivity index (χ3v) is 2.43. The molecule has 1 aromatic rings. The van der Waals surface area contributed by atoms with E-state index in [-0.39, 0.29) is 6.42 Å². The lowest BCUT2D eigenvalue weighted by Gasteiger charge is -2.21. The number of aliphatic hydroxyl groups excluding tert-OH is 1. The minimum absolute atomic E-state index is 0.107. The molecule has 0 aromatic heterocycles. The van der Waals surface area contributed by atoms with Gasteiger partial charge in [0, 0.05) is 0 Å². The highest BCUT2D eigenvalue weighted by Crippen LogP contribution is 2.43. The molecule has 0 radical (unpaired) electrons. The average Bonchev–Trinajstić information content (AvgIpc) is 2.24. The highest BCUT2D eigenvalue weighted by molar-refractivity contribution is 5.40. The number of hydrogen-bond donors (Lipinski definition) is 1. The molecule has 1 aromatic carbocycles. The van der Waals surface area contributed by atoms with Crippen molar-refractivity contribution in [3.8, 4) is 0 Å². The van der Waals surface area contributed by atoms with E-state index >= 15 is 0 Å². The van der Waals surface area contributed by atoms with Gasteiger partial charge in [0.25, 0.3) is 0 Å². The van der Waals surface area contributed by atoms with Crippen molar-refractivity contribution >= 4 is 0 Å². The highest BCUT2D eigenvalue weighted by atomic mass is 19.4. The second-order valence-corrected chi connectivity index (χ2v) is 3.69. The van der Waals surface area contributed by atoms with Crippen molar-refractivity contribution in [1.29, 1.82) is 0 Å². The third-order valence-electron chi connectivity index (χ3n) is 2.43. The van der Waals surface area contributed by atoms with E-state index < -0.39 is 35.1 Å². The Hall–Kier alpha value is -1.24. The first-order chi connectivity index (χ1) is 8.09.